The van der Waals surface area contributed by atoms with Crippen molar-refractivity contribution in [2.75, 3.05) is 0 Å². The van der Waals surface area contributed by atoms with Crippen molar-refractivity contribution < 1.29 is 32.7 Å². The Hall–Kier alpha value is -0.956. The van der Waals surface area contributed by atoms with Crippen LogP contribution in [0.4, 0.5) is 0 Å². The molecule has 1 N–H and O–H groups in total. The number of rotatable bonds is 3. The van der Waals surface area contributed by atoms with Gasteiger partial charge in [0.2, 0.25) is 0 Å². The van der Waals surface area contributed by atoms with E-state index < -0.39 is 0 Å². The molecule has 2 aromatic rings. The molecule has 0 atom stereocenters. The maximum absolute atomic E-state index is 9.86. The molecule has 0 unspecified atom stereocenters. The van der Waals surface area contributed by atoms with E-state index in [2.05, 4.69) is 0 Å². The third kappa shape index (κ3) is 4.00. The van der Waals surface area contributed by atoms with Gasteiger partial charge in [0.1, 0.15) is 0 Å². The number of allylic oxidation sites excluding steroid dienone is 1. The van der Waals surface area contributed by atoms with E-state index in [1.807, 2.05) is 48.5 Å². The molecule has 0 spiro atoms. The van der Waals surface area contributed by atoms with Crippen LogP contribution in [-0.4, -0.2) is 5.71 Å². The third-order valence-corrected chi connectivity index (χ3v) is 2.88. The topological polar surface area (TPSA) is 46.1 Å². The van der Waals surface area contributed by atoms with Gasteiger partial charge in [0.25, 0.3) is 0 Å². The van der Waals surface area contributed by atoms with Crippen LogP contribution >= 0.6 is 11.6 Å². The van der Waals surface area contributed by atoms with E-state index in [4.69, 9.17) is 17.3 Å². The van der Waals surface area contributed by atoms with Gasteiger partial charge in [-0.2, -0.15) is 6.20 Å². The predicted octanol–water partition coefficient (Wildman–Crippen LogP) is 4.84. The zero-order valence-electron chi connectivity index (χ0n) is 10.2. The van der Waals surface area contributed by atoms with Crippen molar-refractivity contribution in [3.05, 3.63) is 82.5 Å². The second-order valence-corrected chi connectivity index (χ2v) is 4.19. The smallest absolute Gasteiger partial charge is 0.00262 e. The minimum atomic E-state index is -0.0792. The second-order valence-electron chi connectivity index (χ2n) is 3.79. The zero-order valence-corrected chi connectivity index (χ0v) is 13.8. The van der Waals surface area contributed by atoms with Gasteiger partial charge in [-0.1, -0.05) is 60.1 Å². The van der Waals surface area contributed by atoms with Gasteiger partial charge >= 0.3 is 0 Å². The van der Waals surface area contributed by atoms with E-state index in [1.165, 1.54) is 0 Å². The molecule has 0 heterocycles. The first-order valence-electron chi connectivity index (χ1n) is 5.47. The fourth-order valence-corrected chi connectivity index (χ4v) is 1.79. The summed E-state index contributed by atoms with van der Waals surface area (Å²) in [6.45, 7) is 0. The standard InChI is InChI=1S/C15H11ClN2.Y/c16-14(10-17)15(18)13-8-4-7-12(9-13)11-5-2-1-3-6-11;/h1-10,17H;/q-2;/b14-10+;. The van der Waals surface area contributed by atoms with E-state index in [0.717, 1.165) is 17.3 Å². The van der Waals surface area contributed by atoms with Crippen LogP contribution in [0.25, 0.3) is 22.3 Å². The van der Waals surface area contributed by atoms with E-state index in [9.17, 15) is 5.41 Å². The van der Waals surface area contributed by atoms with Crippen molar-refractivity contribution >= 4 is 17.3 Å². The summed E-state index contributed by atoms with van der Waals surface area (Å²) in [5.74, 6) is 0. The molecule has 0 aliphatic carbocycles. The molecule has 0 saturated carbocycles. The van der Waals surface area contributed by atoms with Crippen molar-refractivity contribution in [3.63, 3.8) is 0 Å². The quantitative estimate of drug-likeness (QED) is 0.716. The molecule has 1 radical (unpaired) electrons. The fourth-order valence-electron chi connectivity index (χ4n) is 1.68. The first-order valence-corrected chi connectivity index (χ1v) is 5.85. The van der Waals surface area contributed by atoms with Gasteiger partial charge in [-0.3, -0.25) is 0 Å². The molecule has 4 heteroatoms. The Balaban J connectivity index is 0.00000180. The summed E-state index contributed by atoms with van der Waals surface area (Å²) in [6, 6.07) is 17.3. The molecule has 93 valence electrons. The molecular formula is C15H11ClN2Y-2. The van der Waals surface area contributed by atoms with Crippen molar-refractivity contribution in [1.82, 2.24) is 0 Å². The SMILES string of the molecule is [N-]=C(/C(Cl)=C\[NH-])c1cccc(-c2ccccc2)c1.[Y]. The van der Waals surface area contributed by atoms with Gasteiger partial charge in [-0.05, 0) is 22.8 Å². The Morgan fingerprint density at radius 1 is 1.00 bits per heavy atom. The predicted molar refractivity (Wildman–Crippen MR) is 77.6 cm³/mol. The molecule has 2 nitrogen and oxygen atoms in total. The van der Waals surface area contributed by atoms with Crippen LogP contribution in [0, 0.1) is 0 Å². The van der Waals surface area contributed by atoms with Crippen LogP contribution in [-0.2, 0) is 32.7 Å². The summed E-state index contributed by atoms with van der Waals surface area (Å²) in [5, 5.41) is 9.88. The van der Waals surface area contributed by atoms with Gasteiger partial charge < -0.3 is 11.1 Å². The molecule has 0 aromatic heterocycles. The van der Waals surface area contributed by atoms with Crippen LogP contribution in [0.15, 0.2) is 65.8 Å². The van der Waals surface area contributed by atoms with E-state index >= 15 is 0 Å². The summed E-state index contributed by atoms with van der Waals surface area (Å²) >= 11 is 5.74. The van der Waals surface area contributed by atoms with Crippen LogP contribution < -0.4 is 0 Å². The number of hydrogen-bond donors (Lipinski definition) is 0. The van der Waals surface area contributed by atoms with Crippen molar-refractivity contribution in [3.8, 4) is 11.1 Å². The van der Waals surface area contributed by atoms with E-state index in [-0.39, 0.29) is 43.5 Å². The van der Waals surface area contributed by atoms with Crippen LogP contribution in [0.3, 0.4) is 0 Å². The van der Waals surface area contributed by atoms with Gasteiger partial charge in [0, 0.05) is 37.7 Å². The molecule has 0 bridgehead atoms. The Labute approximate surface area is 143 Å². The van der Waals surface area contributed by atoms with Gasteiger partial charge in [-0.15, -0.1) is 5.71 Å². The Bertz CT molecular complexity index is 594. The maximum Gasteiger partial charge on any atom is 0.00262 e. The minimum absolute atomic E-state index is 0. The largest absolute Gasteiger partial charge is 0.802 e. The van der Waals surface area contributed by atoms with Gasteiger partial charge in [0.05, 0.1) is 0 Å². The number of nitrogens with zero attached hydrogens (tertiary/aromatic N) is 1. The molecule has 2 aromatic carbocycles. The molecule has 19 heavy (non-hydrogen) atoms. The van der Waals surface area contributed by atoms with E-state index in [0.29, 0.717) is 5.56 Å². The van der Waals surface area contributed by atoms with Crippen LogP contribution in [0.2, 0.25) is 0 Å². The molecular weight excluding hydrogens is 333 g/mol. The first kappa shape index (κ1) is 16.1. The molecule has 0 aliphatic heterocycles. The van der Waals surface area contributed by atoms with Gasteiger partial charge in [-0.25, -0.2) is 0 Å². The number of benzene rings is 2. The summed E-state index contributed by atoms with van der Waals surface area (Å²) in [4.78, 5) is 0. The van der Waals surface area contributed by atoms with Crippen molar-refractivity contribution in [2.45, 2.75) is 0 Å². The van der Waals surface area contributed by atoms with E-state index in [1.54, 1.807) is 6.07 Å². The molecule has 0 amide bonds. The average molecular weight is 344 g/mol. The first-order chi connectivity index (χ1) is 8.72. The number of hydrogen-bond acceptors (Lipinski definition) is 0. The minimum Gasteiger partial charge on any atom is -0.802 e. The summed E-state index contributed by atoms with van der Waals surface area (Å²) in [6.07, 6.45) is 0.923. The van der Waals surface area contributed by atoms with Gasteiger partial charge in [0.15, 0.2) is 0 Å². The Kier molecular flexibility index (Phi) is 6.43. The maximum atomic E-state index is 9.86. The Morgan fingerprint density at radius 2 is 1.63 bits per heavy atom. The number of halogens is 1. The van der Waals surface area contributed by atoms with Crippen LogP contribution in [0.1, 0.15) is 5.56 Å². The zero-order chi connectivity index (χ0) is 13.0. The molecule has 0 aliphatic rings. The fraction of sp³-hybridized carbons (Fsp3) is 0. The van der Waals surface area contributed by atoms with Crippen molar-refractivity contribution in [1.29, 1.82) is 0 Å². The normalized spacial score (nSPS) is 10.7. The summed E-state index contributed by atoms with van der Waals surface area (Å²) in [7, 11) is 0. The summed E-state index contributed by atoms with van der Waals surface area (Å²) in [5.41, 5.74) is 9.62. The average Bonchev–Trinajstić information content (AvgIpc) is 2.46. The Morgan fingerprint density at radius 3 is 2.26 bits per heavy atom. The number of nitrogens with one attached hydrogen (secondary N) is 1. The monoisotopic (exact) mass is 343 g/mol. The van der Waals surface area contributed by atoms with Crippen molar-refractivity contribution in [2.24, 2.45) is 0 Å². The summed E-state index contributed by atoms with van der Waals surface area (Å²) < 4.78 is 0. The second kappa shape index (κ2) is 7.59. The molecule has 0 saturated heterocycles. The molecule has 0 fully saturated rings. The molecule has 2 rings (SSSR count). The van der Waals surface area contributed by atoms with Crippen LogP contribution in [0.5, 0.6) is 0 Å². The third-order valence-electron chi connectivity index (χ3n) is 2.60.